The lowest BCUT2D eigenvalue weighted by Crippen LogP contribution is -2.23. The van der Waals surface area contributed by atoms with Gasteiger partial charge in [0.25, 0.3) is 0 Å². The molecule has 1 aromatic heterocycles. The van der Waals surface area contributed by atoms with Crippen LogP contribution in [0.2, 0.25) is 0 Å². The largest absolute Gasteiger partial charge is 0.497 e. The zero-order valence-electron chi connectivity index (χ0n) is 21.0. The normalized spacial score (nSPS) is 10.6. The minimum atomic E-state index is 0.0102. The molecule has 0 atom stereocenters. The number of aromatic nitrogens is 1. The van der Waals surface area contributed by atoms with E-state index in [1.807, 2.05) is 48.5 Å². The molecule has 0 radical (unpaired) electrons. The summed E-state index contributed by atoms with van der Waals surface area (Å²) in [5.41, 5.74) is 8.79. The van der Waals surface area contributed by atoms with Gasteiger partial charge in [0.05, 0.1) is 25.3 Å². The molecule has 182 valence electrons. The number of nitrogens with zero attached hydrogens (tertiary/aromatic N) is 2. The molecular weight excluding hydrogens is 446 g/mol. The molecule has 3 aromatic carbocycles. The monoisotopic (exact) mass is 477 g/mol. The van der Waals surface area contributed by atoms with Gasteiger partial charge in [-0.15, -0.1) is 0 Å². The number of carbonyl (C=O) groups excluding carboxylic acids is 1. The van der Waals surface area contributed by atoms with Gasteiger partial charge in [0.15, 0.2) is 0 Å². The number of aryl methyl sites for hydroxylation is 3. The van der Waals surface area contributed by atoms with E-state index in [1.165, 1.54) is 11.1 Å². The van der Waals surface area contributed by atoms with E-state index >= 15 is 0 Å². The van der Waals surface area contributed by atoms with Crippen LogP contribution in [0, 0.1) is 25.2 Å². The number of hydrogen-bond donors (Lipinski definition) is 1. The molecule has 0 bridgehead atoms. The van der Waals surface area contributed by atoms with E-state index in [4.69, 9.17) is 10.00 Å². The number of carbonyl (C=O) groups is 1. The number of nitriles is 1. The van der Waals surface area contributed by atoms with Crippen molar-refractivity contribution in [1.82, 2.24) is 9.88 Å². The number of ether oxygens (including phenoxy) is 1. The first-order chi connectivity index (χ1) is 17.5. The average Bonchev–Trinajstić information content (AvgIpc) is 3.30. The first kappa shape index (κ1) is 24.8. The molecular formula is C31H31N3O2. The zero-order chi connectivity index (χ0) is 25.5. The molecule has 1 heterocycles. The number of rotatable bonds is 9. The van der Waals surface area contributed by atoms with Crippen LogP contribution >= 0.6 is 0 Å². The van der Waals surface area contributed by atoms with E-state index in [0.717, 1.165) is 39.5 Å². The van der Waals surface area contributed by atoms with Crippen molar-refractivity contribution >= 4 is 5.91 Å². The van der Waals surface area contributed by atoms with Crippen molar-refractivity contribution in [1.29, 1.82) is 5.26 Å². The van der Waals surface area contributed by atoms with Crippen LogP contribution in [0.5, 0.6) is 5.75 Å². The standard InChI is InChI=1S/C31H31N3O2/c1-22-4-15-29(23(2)20-22)30-16-11-27(34(30)26-9-5-24(6-10-26)18-19-32)12-17-31(35)33-21-25-7-13-28(36-3)14-8-25/h4-11,13-16,20H,12,17-18,21H2,1-3H3,(H,33,35). The SMILES string of the molecule is COc1ccc(CNC(=O)CCc2ccc(-c3ccc(C)cc3C)n2-c2ccc(CC#N)cc2)cc1. The maximum Gasteiger partial charge on any atom is 0.220 e. The minimum absolute atomic E-state index is 0.0102. The Hall–Kier alpha value is -4.30. The third kappa shape index (κ3) is 5.84. The topological polar surface area (TPSA) is 67.0 Å². The van der Waals surface area contributed by atoms with Crippen LogP contribution in [0.25, 0.3) is 16.9 Å². The fourth-order valence-corrected chi connectivity index (χ4v) is 4.42. The van der Waals surface area contributed by atoms with Crippen molar-refractivity contribution in [3.63, 3.8) is 0 Å². The summed E-state index contributed by atoms with van der Waals surface area (Å²) in [5, 5.41) is 12.0. The minimum Gasteiger partial charge on any atom is -0.497 e. The number of methoxy groups -OCH3 is 1. The van der Waals surface area contributed by atoms with Crippen LogP contribution < -0.4 is 10.1 Å². The number of nitrogens with one attached hydrogen (secondary N) is 1. The second-order valence-electron chi connectivity index (χ2n) is 8.99. The predicted octanol–water partition coefficient (Wildman–Crippen LogP) is 6.08. The molecule has 5 nitrogen and oxygen atoms in total. The molecule has 0 aliphatic carbocycles. The van der Waals surface area contributed by atoms with Crippen LogP contribution in [0.1, 0.15) is 34.4 Å². The van der Waals surface area contributed by atoms with Crippen molar-refractivity contribution in [3.05, 3.63) is 107 Å². The molecule has 1 amide bonds. The Labute approximate surface area is 213 Å². The van der Waals surface area contributed by atoms with Gasteiger partial charge in [-0.1, -0.05) is 48.0 Å². The van der Waals surface area contributed by atoms with E-state index in [1.54, 1.807) is 7.11 Å². The van der Waals surface area contributed by atoms with Crippen LogP contribution in [0.3, 0.4) is 0 Å². The molecule has 4 aromatic rings. The fraction of sp³-hybridized carbons (Fsp3) is 0.226. The predicted molar refractivity (Wildman–Crippen MR) is 143 cm³/mol. The first-order valence-electron chi connectivity index (χ1n) is 12.1. The van der Waals surface area contributed by atoms with Gasteiger partial charge in [0.2, 0.25) is 5.91 Å². The molecule has 0 aliphatic heterocycles. The maximum atomic E-state index is 12.7. The van der Waals surface area contributed by atoms with Gasteiger partial charge >= 0.3 is 0 Å². The zero-order valence-corrected chi connectivity index (χ0v) is 21.0. The van der Waals surface area contributed by atoms with E-state index in [2.05, 4.69) is 60.1 Å². The Morgan fingerprint density at radius 1 is 0.944 bits per heavy atom. The fourth-order valence-electron chi connectivity index (χ4n) is 4.42. The van der Waals surface area contributed by atoms with Gasteiger partial charge in [-0.25, -0.2) is 0 Å². The van der Waals surface area contributed by atoms with Crippen molar-refractivity contribution in [2.45, 2.75) is 39.7 Å². The van der Waals surface area contributed by atoms with Gasteiger partial charge < -0.3 is 14.6 Å². The summed E-state index contributed by atoms with van der Waals surface area (Å²) in [5.74, 6) is 0.808. The molecule has 0 aliphatic rings. The summed E-state index contributed by atoms with van der Waals surface area (Å²) >= 11 is 0. The highest BCUT2D eigenvalue weighted by molar-refractivity contribution is 5.76. The number of hydrogen-bond acceptors (Lipinski definition) is 3. The van der Waals surface area contributed by atoms with Crippen LogP contribution in [0.15, 0.2) is 78.9 Å². The van der Waals surface area contributed by atoms with E-state index < -0.39 is 0 Å². The Morgan fingerprint density at radius 2 is 1.67 bits per heavy atom. The van der Waals surface area contributed by atoms with E-state index in [0.29, 0.717) is 25.8 Å². The third-order valence-electron chi connectivity index (χ3n) is 6.35. The lowest BCUT2D eigenvalue weighted by atomic mass is 10.0. The lowest BCUT2D eigenvalue weighted by molar-refractivity contribution is -0.121. The molecule has 4 rings (SSSR count). The maximum absolute atomic E-state index is 12.7. The van der Waals surface area contributed by atoms with Crippen molar-refractivity contribution < 1.29 is 9.53 Å². The van der Waals surface area contributed by atoms with Gasteiger partial charge in [0.1, 0.15) is 5.75 Å². The van der Waals surface area contributed by atoms with E-state index in [9.17, 15) is 4.79 Å². The lowest BCUT2D eigenvalue weighted by Gasteiger charge is -2.16. The summed E-state index contributed by atoms with van der Waals surface area (Å²) in [4.78, 5) is 12.7. The third-order valence-corrected chi connectivity index (χ3v) is 6.35. The highest BCUT2D eigenvalue weighted by Crippen LogP contribution is 2.30. The van der Waals surface area contributed by atoms with Crippen LogP contribution in [0.4, 0.5) is 0 Å². The molecule has 0 saturated heterocycles. The van der Waals surface area contributed by atoms with Crippen molar-refractivity contribution in [3.8, 4) is 28.8 Å². The highest BCUT2D eigenvalue weighted by Gasteiger charge is 2.15. The summed E-state index contributed by atoms with van der Waals surface area (Å²) in [7, 11) is 1.64. The molecule has 0 saturated carbocycles. The number of benzene rings is 3. The number of amides is 1. The first-order valence-corrected chi connectivity index (χ1v) is 12.1. The van der Waals surface area contributed by atoms with E-state index in [-0.39, 0.29) is 5.91 Å². The van der Waals surface area contributed by atoms with Crippen LogP contribution in [-0.2, 0) is 24.2 Å². The quantitative estimate of drug-likeness (QED) is 0.317. The Bertz CT molecular complexity index is 1380. The van der Waals surface area contributed by atoms with Gasteiger partial charge in [-0.3, -0.25) is 4.79 Å². The second-order valence-corrected chi connectivity index (χ2v) is 8.99. The van der Waals surface area contributed by atoms with Crippen LogP contribution in [-0.4, -0.2) is 17.6 Å². The van der Waals surface area contributed by atoms with Gasteiger partial charge in [-0.2, -0.15) is 5.26 Å². The smallest absolute Gasteiger partial charge is 0.220 e. The molecule has 1 N–H and O–H groups in total. The Morgan fingerprint density at radius 3 is 2.33 bits per heavy atom. The molecule has 0 spiro atoms. The highest BCUT2D eigenvalue weighted by atomic mass is 16.5. The van der Waals surface area contributed by atoms with Gasteiger partial charge in [-0.05, 0) is 73.4 Å². The molecule has 5 heteroatoms. The van der Waals surface area contributed by atoms with Crippen molar-refractivity contribution in [2.75, 3.05) is 7.11 Å². The summed E-state index contributed by atoms with van der Waals surface area (Å²) in [6, 6.07) is 28.7. The molecule has 0 fully saturated rings. The molecule has 36 heavy (non-hydrogen) atoms. The average molecular weight is 478 g/mol. The van der Waals surface area contributed by atoms with Crippen molar-refractivity contribution in [2.24, 2.45) is 0 Å². The van der Waals surface area contributed by atoms with Gasteiger partial charge in [0, 0.05) is 29.9 Å². The second kappa shape index (κ2) is 11.4. The summed E-state index contributed by atoms with van der Waals surface area (Å²) in [6.45, 7) is 4.71. The summed E-state index contributed by atoms with van der Waals surface area (Å²) < 4.78 is 7.42. The summed E-state index contributed by atoms with van der Waals surface area (Å²) in [6.07, 6.45) is 1.38. The Balaban J connectivity index is 1.55. The molecule has 0 unspecified atom stereocenters. The Kier molecular flexibility index (Phi) is 7.87.